The lowest BCUT2D eigenvalue weighted by Gasteiger charge is -2.37. The smallest absolute Gasteiger partial charge is 0.341 e. The van der Waals surface area contributed by atoms with Gasteiger partial charge in [-0.15, -0.1) is 0 Å². The van der Waals surface area contributed by atoms with Crippen LogP contribution in [0.1, 0.15) is 28.8 Å². The Morgan fingerprint density at radius 3 is 2.45 bits per heavy atom. The number of hydrogen-bond donors (Lipinski definition) is 2. The highest BCUT2D eigenvalue weighted by Crippen LogP contribution is 2.37. The number of halogens is 2. The largest absolute Gasteiger partial charge is 0.477 e. The van der Waals surface area contributed by atoms with Gasteiger partial charge in [-0.25, -0.2) is 14.2 Å². The molecular formula is C30H29ClFN5O3. The van der Waals surface area contributed by atoms with Crippen molar-refractivity contribution in [2.45, 2.75) is 19.4 Å². The quantitative estimate of drug-likeness (QED) is 0.322. The monoisotopic (exact) mass is 561 g/mol. The molecule has 3 heterocycles. The Hall–Kier alpha value is -3.95. The first kappa shape index (κ1) is 26.3. The third-order valence-corrected chi connectivity index (χ3v) is 7.99. The zero-order valence-corrected chi connectivity index (χ0v) is 22.6. The van der Waals surface area contributed by atoms with Crippen LogP contribution in [0.25, 0.3) is 16.6 Å². The molecule has 0 amide bonds. The van der Waals surface area contributed by atoms with Gasteiger partial charge in [0.05, 0.1) is 21.6 Å². The van der Waals surface area contributed by atoms with E-state index >= 15 is 4.39 Å². The minimum absolute atomic E-state index is 0.0745. The van der Waals surface area contributed by atoms with Gasteiger partial charge in [-0.3, -0.25) is 4.79 Å². The molecule has 2 aromatic heterocycles. The summed E-state index contributed by atoms with van der Waals surface area (Å²) in [6.07, 6.45) is 5.57. The van der Waals surface area contributed by atoms with Gasteiger partial charge in [0.1, 0.15) is 17.2 Å². The third-order valence-electron chi connectivity index (χ3n) is 7.63. The second kappa shape index (κ2) is 10.9. The summed E-state index contributed by atoms with van der Waals surface area (Å²) in [5.41, 5.74) is 0.961. The summed E-state index contributed by atoms with van der Waals surface area (Å²) in [5, 5.41) is 13.2. The van der Waals surface area contributed by atoms with Crippen LogP contribution in [0.15, 0.2) is 65.7 Å². The van der Waals surface area contributed by atoms with E-state index in [1.807, 2.05) is 47.4 Å². The van der Waals surface area contributed by atoms with Crippen LogP contribution in [0.3, 0.4) is 0 Å². The Labute approximate surface area is 235 Å². The van der Waals surface area contributed by atoms with Gasteiger partial charge in [0, 0.05) is 50.8 Å². The lowest BCUT2D eigenvalue weighted by Crippen LogP contribution is -2.47. The second-order valence-electron chi connectivity index (χ2n) is 10.4. The fourth-order valence-corrected chi connectivity index (χ4v) is 5.67. The molecule has 0 bridgehead atoms. The predicted molar refractivity (Wildman–Crippen MR) is 155 cm³/mol. The molecule has 0 unspecified atom stereocenters. The standard InChI is InChI=1S/C30H29ClFN5O3/c31-26-27-22(15-24(32)28(26)36-13-11-35(12-14-36)25-3-1-2-10-34-25)29(38)23(30(39)40)18-37(27)21-8-6-20(7-9-21)17-33-16-19-4-5-19/h1-3,6-10,15,18-19,33H,4-5,11-14,16-17H2,(H,39,40). The maximum atomic E-state index is 15.6. The molecule has 0 spiro atoms. The minimum atomic E-state index is -1.38. The van der Waals surface area contributed by atoms with Crippen molar-refractivity contribution in [2.75, 3.05) is 42.5 Å². The van der Waals surface area contributed by atoms with Crippen molar-refractivity contribution in [3.63, 3.8) is 0 Å². The highest BCUT2D eigenvalue weighted by Gasteiger charge is 2.27. The Morgan fingerprint density at radius 2 is 1.80 bits per heavy atom. The van der Waals surface area contributed by atoms with E-state index in [4.69, 9.17) is 11.6 Å². The molecule has 2 N–H and O–H groups in total. The number of carboxylic acids is 1. The molecule has 1 saturated heterocycles. The van der Waals surface area contributed by atoms with Crippen LogP contribution in [0.2, 0.25) is 5.02 Å². The number of piperazine rings is 1. The van der Waals surface area contributed by atoms with Gasteiger partial charge in [-0.1, -0.05) is 29.8 Å². The van der Waals surface area contributed by atoms with E-state index in [9.17, 15) is 14.7 Å². The summed E-state index contributed by atoms with van der Waals surface area (Å²) in [5.74, 6) is -0.413. The van der Waals surface area contributed by atoms with Crippen LogP contribution in [0.4, 0.5) is 15.9 Å². The highest BCUT2D eigenvalue weighted by molar-refractivity contribution is 6.38. The lowest BCUT2D eigenvalue weighted by molar-refractivity contribution is 0.0695. The number of nitrogens with one attached hydrogen (secondary N) is 1. The van der Waals surface area contributed by atoms with Crippen molar-refractivity contribution in [1.29, 1.82) is 0 Å². The van der Waals surface area contributed by atoms with Gasteiger partial charge in [0.25, 0.3) is 0 Å². The van der Waals surface area contributed by atoms with Crippen molar-refractivity contribution in [3.8, 4) is 5.69 Å². The molecular weight excluding hydrogens is 533 g/mol. The van der Waals surface area contributed by atoms with E-state index in [0.717, 1.165) is 36.5 Å². The molecule has 1 aliphatic heterocycles. The Kier molecular flexibility index (Phi) is 7.16. The maximum absolute atomic E-state index is 15.6. The minimum Gasteiger partial charge on any atom is -0.477 e. The van der Waals surface area contributed by atoms with Crippen LogP contribution in [-0.2, 0) is 6.54 Å². The molecule has 2 aliphatic rings. The summed E-state index contributed by atoms with van der Waals surface area (Å²) >= 11 is 6.90. The number of aromatic carboxylic acids is 1. The van der Waals surface area contributed by atoms with E-state index in [1.54, 1.807) is 10.8 Å². The van der Waals surface area contributed by atoms with E-state index < -0.39 is 22.8 Å². The van der Waals surface area contributed by atoms with Crippen molar-refractivity contribution >= 4 is 40.0 Å². The first-order valence-electron chi connectivity index (χ1n) is 13.4. The number of carboxylic acid groups (broad SMARTS) is 1. The zero-order valence-electron chi connectivity index (χ0n) is 21.8. The van der Waals surface area contributed by atoms with Crippen molar-refractivity contribution in [3.05, 3.63) is 93.1 Å². The van der Waals surface area contributed by atoms with E-state index in [0.29, 0.717) is 31.9 Å². The van der Waals surface area contributed by atoms with Crippen molar-refractivity contribution in [2.24, 2.45) is 5.92 Å². The van der Waals surface area contributed by atoms with Crippen LogP contribution in [0.5, 0.6) is 0 Å². The van der Waals surface area contributed by atoms with Crippen LogP contribution < -0.4 is 20.5 Å². The number of rotatable bonds is 8. The van der Waals surface area contributed by atoms with Gasteiger partial charge in [0.2, 0.25) is 5.43 Å². The molecule has 0 radical (unpaired) electrons. The summed E-state index contributed by atoms with van der Waals surface area (Å²) in [6.45, 7) is 3.95. The number of fused-ring (bicyclic) bond motifs is 1. The Balaban J connectivity index is 1.37. The maximum Gasteiger partial charge on any atom is 0.341 e. The summed E-state index contributed by atoms with van der Waals surface area (Å²) in [7, 11) is 0. The normalized spacial score (nSPS) is 15.6. The highest BCUT2D eigenvalue weighted by atomic mass is 35.5. The molecule has 4 aromatic rings. The topological polar surface area (TPSA) is 90.7 Å². The van der Waals surface area contributed by atoms with Crippen LogP contribution in [-0.4, -0.2) is 53.4 Å². The lowest BCUT2D eigenvalue weighted by atomic mass is 10.1. The SMILES string of the molecule is O=C(O)c1cn(-c2ccc(CNCC3CC3)cc2)c2c(Cl)c(N3CCN(c4ccccn4)CC3)c(F)cc2c1=O. The van der Waals surface area contributed by atoms with E-state index in [2.05, 4.69) is 15.2 Å². The molecule has 2 aromatic carbocycles. The summed E-state index contributed by atoms with van der Waals surface area (Å²) in [4.78, 5) is 33.5. The second-order valence-corrected chi connectivity index (χ2v) is 10.7. The molecule has 206 valence electrons. The zero-order chi connectivity index (χ0) is 27.8. The van der Waals surface area contributed by atoms with Gasteiger partial charge in [-0.05, 0) is 61.2 Å². The Bertz CT molecular complexity index is 1620. The van der Waals surface area contributed by atoms with Crippen LogP contribution >= 0.6 is 11.6 Å². The first-order chi connectivity index (χ1) is 19.4. The molecule has 0 atom stereocenters. The average Bonchev–Trinajstić information content (AvgIpc) is 3.79. The molecule has 8 nitrogen and oxygen atoms in total. The predicted octanol–water partition coefficient (Wildman–Crippen LogP) is 4.70. The van der Waals surface area contributed by atoms with Crippen LogP contribution in [0, 0.1) is 11.7 Å². The number of nitrogens with zero attached hydrogens (tertiary/aromatic N) is 4. The fourth-order valence-electron chi connectivity index (χ4n) is 5.27. The molecule has 1 saturated carbocycles. The van der Waals surface area contributed by atoms with Gasteiger partial charge < -0.3 is 24.8 Å². The molecule has 40 heavy (non-hydrogen) atoms. The average molecular weight is 562 g/mol. The van der Waals surface area contributed by atoms with Crippen molar-refractivity contribution in [1.82, 2.24) is 14.9 Å². The van der Waals surface area contributed by atoms with Gasteiger partial charge >= 0.3 is 5.97 Å². The van der Waals surface area contributed by atoms with Gasteiger partial charge in [-0.2, -0.15) is 0 Å². The fraction of sp³-hybridized carbons (Fsp3) is 0.300. The van der Waals surface area contributed by atoms with E-state index in [-0.39, 0.29) is 21.6 Å². The number of anilines is 2. The Morgan fingerprint density at radius 1 is 1.07 bits per heavy atom. The number of hydrogen-bond acceptors (Lipinski definition) is 6. The third kappa shape index (κ3) is 5.14. The van der Waals surface area contributed by atoms with E-state index in [1.165, 1.54) is 19.0 Å². The summed E-state index contributed by atoms with van der Waals surface area (Å²) in [6, 6.07) is 14.5. The molecule has 10 heteroatoms. The number of pyridine rings is 2. The van der Waals surface area contributed by atoms with Gasteiger partial charge in [0.15, 0.2) is 0 Å². The summed E-state index contributed by atoms with van der Waals surface area (Å²) < 4.78 is 17.2. The molecule has 1 aliphatic carbocycles. The molecule has 2 fully saturated rings. The molecule has 6 rings (SSSR count). The first-order valence-corrected chi connectivity index (χ1v) is 13.8. The number of benzene rings is 2. The number of carbonyl (C=O) groups is 1. The van der Waals surface area contributed by atoms with Crippen molar-refractivity contribution < 1.29 is 14.3 Å². The number of aromatic nitrogens is 2.